The predicted molar refractivity (Wildman–Crippen MR) is 84.7 cm³/mol. The Morgan fingerprint density at radius 1 is 1.14 bits per heavy atom. The van der Waals surface area contributed by atoms with Gasteiger partial charge in [-0.2, -0.15) is 0 Å². The molecule has 2 aromatic rings. The molecule has 0 radical (unpaired) electrons. The number of benzene rings is 1. The number of hydrogen-bond acceptors (Lipinski definition) is 3. The van der Waals surface area contributed by atoms with Crippen molar-refractivity contribution in [1.29, 1.82) is 0 Å². The molecule has 22 heavy (non-hydrogen) atoms. The Kier molecular flexibility index (Phi) is 5.53. The molecular formula is C18H21NO3. The highest BCUT2D eigenvalue weighted by atomic mass is 16.5. The van der Waals surface area contributed by atoms with Crippen molar-refractivity contribution >= 4 is 11.8 Å². The van der Waals surface area contributed by atoms with Gasteiger partial charge in [0.2, 0.25) is 5.78 Å². The van der Waals surface area contributed by atoms with E-state index < -0.39 is 0 Å². The first-order chi connectivity index (χ1) is 10.6. The van der Waals surface area contributed by atoms with Crippen molar-refractivity contribution in [3.05, 3.63) is 59.9 Å². The third-order valence-corrected chi connectivity index (χ3v) is 3.87. The molecule has 0 saturated heterocycles. The SMILES string of the molecule is CCC(C)C(C(=O)OCC(=O)c1ccc[nH]1)c1ccccc1. The number of hydrogen-bond donors (Lipinski definition) is 1. The molecule has 2 unspecified atom stereocenters. The van der Waals surface area contributed by atoms with Gasteiger partial charge in [-0.3, -0.25) is 9.59 Å². The lowest BCUT2D eigenvalue weighted by Crippen LogP contribution is -2.24. The summed E-state index contributed by atoms with van der Waals surface area (Å²) in [5, 5.41) is 0. The Balaban J connectivity index is 2.05. The van der Waals surface area contributed by atoms with E-state index in [1.54, 1.807) is 18.3 Å². The van der Waals surface area contributed by atoms with Crippen molar-refractivity contribution in [2.45, 2.75) is 26.2 Å². The largest absolute Gasteiger partial charge is 0.457 e. The van der Waals surface area contributed by atoms with Crippen molar-refractivity contribution in [2.24, 2.45) is 5.92 Å². The maximum atomic E-state index is 12.4. The summed E-state index contributed by atoms with van der Waals surface area (Å²) >= 11 is 0. The van der Waals surface area contributed by atoms with Gasteiger partial charge in [-0.25, -0.2) is 0 Å². The summed E-state index contributed by atoms with van der Waals surface area (Å²) < 4.78 is 5.26. The van der Waals surface area contributed by atoms with E-state index in [1.165, 1.54) is 0 Å². The Labute approximate surface area is 130 Å². The smallest absolute Gasteiger partial charge is 0.314 e. The summed E-state index contributed by atoms with van der Waals surface area (Å²) in [4.78, 5) is 27.1. The minimum Gasteiger partial charge on any atom is -0.457 e. The summed E-state index contributed by atoms with van der Waals surface area (Å²) in [6.07, 6.45) is 2.53. The van der Waals surface area contributed by atoms with Crippen molar-refractivity contribution < 1.29 is 14.3 Å². The number of aromatic amines is 1. The van der Waals surface area contributed by atoms with Crippen LogP contribution in [0.3, 0.4) is 0 Å². The molecule has 2 atom stereocenters. The van der Waals surface area contributed by atoms with Crippen LogP contribution in [0.2, 0.25) is 0 Å². The molecule has 0 fully saturated rings. The van der Waals surface area contributed by atoms with Gasteiger partial charge < -0.3 is 9.72 Å². The van der Waals surface area contributed by atoms with Crippen molar-refractivity contribution in [3.8, 4) is 0 Å². The summed E-state index contributed by atoms with van der Waals surface area (Å²) in [7, 11) is 0. The molecule has 0 aliphatic heterocycles. The number of esters is 1. The van der Waals surface area contributed by atoms with Gasteiger partial charge in [0.05, 0.1) is 11.6 Å². The molecule has 0 spiro atoms. The Morgan fingerprint density at radius 2 is 1.86 bits per heavy atom. The summed E-state index contributed by atoms with van der Waals surface area (Å²) in [6.45, 7) is 3.82. The number of carbonyl (C=O) groups is 2. The van der Waals surface area contributed by atoms with Crippen LogP contribution in [0.4, 0.5) is 0 Å². The normalized spacial score (nSPS) is 13.4. The van der Waals surface area contributed by atoms with Crippen LogP contribution in [0.5, 0.6) is 0 Å². The number of rotatable bonds is 7. The highest BCUT2D eigenvalue weighted by Crippen LogP contribution is 2.28. The van der Waals surface area contributed by atoms with Gasteiger partial charge in [0.1, 0.15) is 0 Å². The highest BCUT2D eigenvalue weighted by molar-refractivity contribution is 5.96. The lowest BCUT2D eigenvalue weighted by atomic mass is 9.86. The second-order valence-corrected chi connectivity index (χ2v) is 5.39. The lowest BCUT2D eigenvalue weighted by molar-refractivity contribution is -0.145. The minimum atomic E-state index is -0.347. The van der Waals surface area contributed by atoms with Crippen LogP contribution in [0.15, 0.2) is 48.7 Å². The summed E-state index contributed by atoms with van der Waals surface area (Å²) in [5.74, 6) is -0.770. The Morgan fingerprint density at radius 3 is 2.45 bits per heavy atom. The zero-order valence-electron chi connectivity index (χ0n) is 12.9. The number of Topliss-reactive ketones (excluding diaryl/α,β-unsaturated/α-hetero) is 1. The van der Waals surface area contributed by atoms with Gasteiger partial charge in [0, 0.05) is 6.20 Å². The molecule has 2 rings (SSSR count). The Bertz CT molecular complexity index is 605. The van der Waals surface area contributed by atoms with E-state index >= 15 is 0 Å². The molecule has 1 aromatic carbocycles. The molecule has 0 aliphatic rings. The third kappa shape index (κ3) is 3.85. The van der Waals surface area contributed by atoms with E-state index in [4.69, 9.17) is 4.74 Å². The number of aromatic nitrogens is 1. The van der Waals surface area contributed by atoms with Crippen molar-refractivity contribution in [1.82, 2.24) is 4.98 Å². The molecule has 0 aliphatic carbocycles. The van der Waals surface area contributed by atoms with Crippen molar-refractivity contribution in [2.75, 3.05) is 6.61 Å². The average molecular weight is 299 g/mol. The molecule has 116 valence electrons. The fourth-order valence-electron chi connectivity index (χ4n) is 2.40. The zero-order valence-corrected chi connectivity index (χ0v) is 12.9. The summed E-state index contributed by atoms with van der Waals surface area (Å²) in [6, 6.07) is 13.0. The molecule has 4 heteroatoms. The molecule has 1 heterocycles. The fourth-order valence-corrected chi connectivity index (χ4v) is 2.40. The van der Waals surface area contributed by atoms with Crippen LogP contribution in [0.1, 0.15) is 42.2 Å². The number of carbonyl (C=O) groups excluding carboxylic acids is 2. The van der Waals surface area contributed by atoms with E-state index in [0.717, 1.165) is 12.0 Å². The average Bonchev–Trinajstić information content (AvgIpc) is 3.08. The van der Waals surface area contributed by atoms with E-state index in [0.29, 0.717) is 5.69 Å². The van der Waals surface area contributed by atoms with Crippen LogP contribution in [-0.2, 0) is 9.53 Å². The molecular weight excluding hydrogens is 278 g/mol. The van der Waals surface area contributed by atoms with E-state index in [1.807, 2.05) is 44.2 Å². The first kappa shape index (κ1) is 16.0. The topological polar surface area (TPSA) is 59.2 Å². The van der Waals surface area contributed by atoms with Gasteiger partial charge >= 0.3 is 5.97 Å². The van der Waals surface area contributed by atoms with Gasteiger partial charge in [-0.15, -0.1) is 0 Å². The van der Waals surface area contributed by atoms with Crippen LogP contribution in [0.25, 0.3) is 0 Å². The lowest BCUT2D eigenvalue weighted by Gasteiger charge is -2.21. The monoisotopic (exact) mass is 299 g/mol. The standard InChI is InChI=1S/C18H21NO3/c1-3-13(2)17(14-8-5-4-6-9-14)18(21)22-12-16(20)15-10-7-11-19-15/h4-11,13,17,19H,3,12H2,1-2H3. The van der Waals surface area contributed by atoms with Gasteiger partial charge in [-0.05, 0) is 23.6 Å². The van der Waals surface area contributed by atoms with Gasteiger partial charge in [0.15, 0.2) is 6.61 Å². The maximum Gasteiger partial charge on any atom is 0.314 e. The molecule has 1 aromatic heterocycles. The van der Waals surface area contributed by atoms with Gasteiger partial charge in [-0.1, -0.05) is 50.6 Å². The Hall–Kier alpha value is -2.36. The van der Waals surface area contributed by atoms with Crippen LogP contribution in [0, 0.1) is 5.92 Å². The number of ketones is 1. The second-order valence-electron chi connectivity index (χ2n) is 5.39. The van der Waals surface area contributed by atoms with Crippen LogP contribution >= 0.6 is 0 Å². The quantitative estimate of drug-likeness (QED) is 0.628. The predicted octanol–water partition coefficient (Wildman–Crippen LogP) is 3.57. The zero-order chi connectivity index (χ0) is 15.9. The molecule has 4 nitrogen and oxygen atoms in total. The summed E-state index contributed by atoms with van der Waals surface area (Å²) in [5.41, 5.74) is 1.38. The fraction of sp³-hybridized carbons (Fsp3) is 0.333. The number of nitrogens with one attached hydrogen (secondary N) is 1. The van der Waals surface area contributed by atoms with E-state index in [-0.39, 0.29) is 30.2 Å². The highest BCUT2D eigenvalue weighted by Gasteiger charge is 2.27. The first-order valence-electron chi connectivity index (χ1n) is 7.51. The molecule has 0 saturated carbocycles. The second kappa shape index (κ2) is 7.59. The van der Waals surface area contributed by atoms with Crippen LogP contribution < -0.4 is 0 Å². The molecule has 1 N–H and O–H groups in total. The van der Waals surface area contributed by atoms with E-state index in [9.17, 15) is 9.59 Å². The van der Waals surface area contributed by atoms with Crippen molar-refractivity contribution in [3.63, 3.8) is 0 Å². The van der Waals surface area contributed by atoms with Crippen LogP contribution in [-0.4, -0.2) is 23.3 Å². The van der Waals surface area contributed by atoms with Gasteiger partial charge in [0.25, 0.3) is 0 Å². The maximum absolute atomic E-state index is 12.4. The first-order valence-corrected chi connectivity index (χ1v) is 7.51. The minimum absolute atomic E-state index is 0.149. The third-order valence-electron chi connectivity index (χ3n) is 3.87. The molecule has 0 bridgehead atoms. The number of H-pyrrole nitrogens is 1. The molecule has 0 amide bonds. The number of ether oxygens (including phenoxy) is 1. The van der Waals surface area contributed by atoms with E-state index in [2.05, 4.69) is 4.98 Å².